The van der Waals surface area contributed by atoms with E-state index in [2.05, 4.69) is 49.1 Å². The van der Waals surface area contributed by atoms with Gasteiger partial charge in [0.05, 0.1) is 6.20 Å². The quantitative estimate of drug-likeness (QED) is 0.892. The lowest BCUT2D eigenvalue weighted by atomic mass is 9.71. The standard InChI is InChI=1S/C18H31N3/c1-18(2,3)13-8-10-14(11-9-13)20-16-6-5-7-17-15(16)12-19-21(17)4/h12-14,16,20H,5-11H2,1-4H3. The number of aryl methyl sites for hydroxylation is 1. The van der Waals surface area contributed by atoms with Gasteiger partial charge in [-0.2, -0.15) is 5.10 Å². The van der Waals surface area contributed by atoms with E-state index in [0.29, 0.717) is 17.5 Å². The minimum absolute atomic E-state index is 0.479. The Hall–Kier alpha value is -0.830. The molecule has 3 rings (SSSR count). The summed E-state index contributed by atoms with van der Waals surface area (Å²) in [5, 5.41) is 8.41. The molecule has 1 aromatic rings. The van der Waals surface area contributed by atoms with Crippen molar-refractivity contribution in [1.82, 2.24) is 15.1 Å². The fourth-order valence-corrected chi connectivity index (χ4v) is 4.29. The second-order valence-electron chi connectivity index (χ2n) is 8.20. The molecule has 1 saturated carbocycles. The van der Waals surface area contributed by atoms with E-state index in [0.717, 1.165) is 5.92 Å². The van der Waals surface area contributed by atoms with Crippen LogP contribution in [0.25, 0.3) is 0 Å². The number of nitrogens with zero attached hydrogens (tertiary/aromatic N) is 2. The third-order valence-corrected chi connectivity index (χ3v) is 5.76. The van der Waals surface area contributed by atoms with Crippen LogP contribution in [0.15, 0.2) is 6.20 Å². The van der Waals surface area contributed by atoms with Crippen molar-refractivity contribution in [2.24, 2.45) is 18.4 Å². The minimum Gasteiger partial charge on any atom is -0.307 e. The maximum Gasteiger partial charge on any atom is 0.0540 e. The van der Waals surface area contributed by atoms with Gasteiger partial charge < -0.3 is 5.32 Å². The van der Waals surface area contributed by atoms with Crippen molar-refractivity contribution in [3.05, 3.63) is 17.5 Å². The number of rotatable bonds is 2. The van der Waals surface area contributed by atoms with Gasteiger partial charge in [0, 0.05) is 30.4 Å². The molecule has 0 aromatic carbocycles. The molecular weight excluding hydrogens is 258 g/mol. The molecule has 0 radical (unpaired) electrons. The average Bonchev–Trinajstić information content (AvgIpc) is 2.82. The van der Waals surface area contributed by atoms with Gasteiger partial charge >= 0.3 is 0 Å². The topological polar surface area (TPSA) is 29.9 Å². The fraction of sp³-hybridized carbons (Fsp3) is 0.833. The van der Waals surface area contributed by atoms with Crippen LogP contribution in [0.5, 0.6) is 0 Å². The number of fused-ring (bicyclic) bond motifs is 1. The van der Waals surface area contributed by atoms with Gasteiger partial charge in [0.15, 0.2) is 0 Å². The van der Waals surface area contributed by atoms with Crippen molar-refractivity contribution >= 4 is 0 Å². The first-order valence-electron chi connectivity index (χ1n) is 8.72. The van der Waals surface area contributed by atoms with Crippen molar-refractivity contribution in [2.75, 3.05) is 0 Å². The average molecular weight is 289 g/mol. The molecule has 2 aliphatic carbocycles. The van der Waals surface area contributed by atoms with Gasteiger partial charge in [-0.1, -0.05) is 20.8 Å². The van der Waals surface area contributed by atoms with Gasteiger partial charge in [-0.15, -0.1) is 0 Å². The lowest BCUT2D eigenvalue weighted by Crippen LogP contribution is -2.39. The van der Waals surface area contributed by atoms with Gasteiger partial charge in [0.2, 0.25) is 0 Å². The molecule has 0 bridgehead atoms. The van der Waals surface area contributed by atoms with E-state index in [1.165, 1.54) is 56.2 Å². The molecular formula is C18H31N3. The predicted molar refractivity (Wildman–Crippen MR) is 87.2 cm³/mol. The number of nitrogens with one attached hydrogen (secondary N) is 1. The second kappa shape index (κ2) is 5.75. The molecule has 1 aromatic heterocycles. The van der Waals surface area contributed by atoms with Gasteiger partial charge in [0.1, 0.15) is 0 Å². The summed E-state index contributed by atoms with van der Waals surface area (Å²) in [4.78, 5) is 0. The zero-order valence-corrected chi connectivity index (χ0v) is 14.2. The van der Waals surface area contributed by atoms with E-state index in [-0.39, 0.29) is 0 Å². The largest absolute Gasteiger partial charge is 0.307 e. The Bertz CT molecular complexity index is 475. The summed E-state index contributed by atoms with van der Waals surface area (Å²) in [6.07, 6.45) is 11.3. The van der Waals surface area contributed by atoms with Crippen molar-refractivity contribution in [3.8, 4) is 0 Å². The molecule has 0 saturated heterocycles. The Morgan fingerprint density at radius 3 is 2.52 bits per heavy atom. The molecule has 1 N–H and O–H groups in total. The van der Waals surface area contributed by atoms with Gasteiger partial charge in [-0.3, -0.25) is 4.68 Å². The first-order chi connectivity index (χ1) is 9.95. The molecule has 0 spiro atoms. The van der Waals surface area contributed by atoms with Crippen LogP contribution in [0.4, 0.5) is 0 Å². The first kappa shape index (κ1) is 15.1. The summed E-state index contributed by atoms with van der Waals surface area (Å²) < 4.78 is 2.07. The van der Waals surface area contributed by atoms with E-state index in [1.807, 2.05) is 0 Å². The maximum atomic E-state index is 4.46. The Labute approximate surface area is 129 Å². The maximum absolute atomic E-state index is 4.46. The number of aromatic nitrogens is 2. The Morgan fingerprint density at radius 1 is 1.14 bits per heavy atom. The van der Waals surface area contributed by atoms with Gasteiger partial charge in [-0.05, 0) is 56.3 Å². The first-order valence-corrected chi connectivity index (χ1v) is 8.72. The van der Waals surface area contributed by atoms with Gasteiger partial charge in [-0.25, -0.2) is 0 Å². The Kier molecular flexibility index (Phi) is 4.13. The van der Waals surface area contributed by atoms with Crippen LogP contribution in [0.1, 0.15) is 76.6 Å². The summed E-state index contributed by atoms with van der Waals surface area (Å²) in [5.74, 6) is 0.899. The van der Waals surface area contributed by atoms with E-state index in [4.69, 9.17) is 0 Å². The van der Waals surface area contributed by atoms with Crippen molar-refractivity contribution in [3.63, 3.8) is 0 Å². The highest BCUT2D eigenvalue weighted by atomic mass is 15.3. The van der Waals surface area contributed by atoms with Crippen molar-refractivity contribution < 1.29 is 0 Å². The van der Waals surface area contributed by atoms with Crippen LogP contribution in [-0.2, 0) is 13.5 Å². The summed E-state index contributed by atoms with van der Waals surface area (Å²) in [7, 11) is 2.08. The summed E-state index contributed by atoms with van der Waals surface area (Å²) in [5.41, 5.74) is 3.38. The molecule has 0 amide bonds. The highest BCUT2D eigenvalue weighted by molar-refractivity contribution is 5.24. The Balaban J connectivity index is 1.59. The molecule has 1 unspecified atom stereocenters. The van der Waals surface area contributed by atoms with Gasteiger partial charge in [0.25, 0.3) is 0 Å². The molecule has 1 heterocycles. The van der Waals surface area contributed by atoms with Crippen LogP contribution >= 0.6 is 0 Å². The minimum atomic E-state index is 0.479. The molecule has 2 aliphatic rings. The van der Waals surface area contributed by atoms with E-state index in [9.17, 15) is 0 Å². The third kappa shape index (κ3) is 3.18. The molecule has 3 heteroatoms. The van der Waals surface area contributed by atoms with E-state index < -0.39 is 0 Å². The molecule has 118 valence electrons. The van der Waals surface area contributed by atoms with Crippen molar-refractivity contribution in [2.45, 2.75) is 77.8 Å². The fourth-order valence-electron chi connectivity index (χ4n) is 4.29. The van der Waals surface area contributed by atoms with Crippen LogP contribution in [0.3, 0.4) is 0 Å². The van der Waals surface area contributed by atoms with E-state index >= 15 is 0 Å². The highest BCUT2D eigenvalue weighted by Gasteiger charge is 2.31. The smallest absolute Gasteiger partial charge is 0.0540 e. The lowest BCUT2D eigenvalue weighted by molar-refractivity contribution is 0.154. The summed E-state index contributed by atoms with van der Waals surface area (Å²) >= 11 is 0. The lowest BCUT2D eigenvalue weighted by Gasteiger charge is -2.39. The molecule has 3 nitrogen and oxygen atoms in total. The molecule has 21 heavy (non-hydrogen) atoms. The summed E-state index contributed by atoms with van der Waals surface area (Å²) in [6, 6.07) is 1.25. The molecule has 1 atom stereocenters. The van der Waals surface area contributed by atoms with Crippen LogP contribution < -0.4 is 5.32 Å². The summed E-state index contributed by atoms with van der Waals surface area (Å²) in [6.45, 7) is 7.19. The zero-order chi connectivity index (χ0) is 15.0. The molecule has 1 fully saturated rings. The second-order valence-corrected chi connectivity index (χ2v) is 8.20. The highest BCUT2D eigenvalue weighted by Crippen LogP contribution is 2.39. The predicted octanol–water partition coefficient (Wildman–Crippen LogP) is 3.99. The Morgan fingerprint density at radius 2 is 1.86 bits per heavy atom. The van der Waals surface area contributed by atoms with E-state index in [1.54, 1.807) is 0 Å². The van der Waals surface area contributed by atoms with Crippen molar-refractivity contribution in [1.29, 1.82) is 0 Å². The molecule has 0 aliphatic heterocycles. The monoisotopic (exact) mass is 289 g/mol. The van der Waals surface area contributed by atoms with Crippen LogP contribution in [0.2, 0.25) is 0 Å². The number of hydrogen-bond donors (Lipinski definition) is 1. The third-order valence-electron chi connectivity index (χ3n) is 5.76. The SMILES string of the molecule is Cn1ncc2c1CCCC2NC1CCC(C(C)(C)C)CC1. The van der Waals surface area contributed by atoms with Crippen LogP contribution in [0, 0.1) is 11.3 Å². The van der Waals surface area contributed by atoms with Crippen LogP contribution in [-0.4, -0.2) is 15.8 Å². The number of hydrogen-bond acceptors (Lipinski definition) is 2. The zero-order valence-electron chi connectivity index (χ0n) is 14.2. The normalized spacial score (nSPS) is 30.2.